The molecule has 1 aromatic carbocycles. The molecule has 124 valence electrons. The summed E-state index contributed by atoms with van der Waals surface area (Å²) in [6, 6.07) is 5.57. The number of imidazole rings is 1. The molecule has 0 saturated carbocycles. The largest absolute Gasteiger partial charge is 0.495 e. The Bertz CT molecular complexity index is 917. The number of fused-ring (bicyclic) bond motifs is 1. The van der Waals surface area contributed by atoms with Crippen LogP contribution in [0.15, 0.2) is 24.4 Å². The van der Waals surface area contributed by atoms with Crippen LogP contribution >= 0.6 is 0 Å². The van der Waals surface area contributed by atoms with Gasteiger partial charge in [0.1, 0.15) is 5.75 Å². The van der Waals surface area contributed by atoms with E-state index in [9.17, 15) is 4.79 Å². The summed E-state index contributed by atoms with van der Waals surface area (Å²) in [5.41, 5.74) is 4.10. The first kappa shape index (κ1) is 15.9. The highest BCUT2D eigenvalue weighted by Crippen LogP contribution is 2.30. The first-order valence-corrected chi connectivity index (χ1v) is 7.70. The van der Waals surface area contributed by atoms with E-state index < -0.39 is 0 Å². The number of benzene rings is 1. The van der Waals surface area contributed by atoms with E-state index in [0.29, 0.717) is 23.6 Å². The van der Waals surface area contributed by atoms with Gasteiger partial charge in [0.05, 0.1) is 24.2 Å². The highest BCUT2D eigenvalue weighted by molar-refractivity contribution is 5.93. The third kappa shape index (κ3) is 2.80. The van der Waals surface area contributed by atoms with E-state index in [-0.39, 0.29) is 5.91 Å². The first-order valence-electron chi connectivity index (χ1n) is 7.70. The van der Waals surface area contributed by atoms with Crippen LogP contribution in [0.5, 0.6) is 5.75 Å². The van der Waals surface area contributed by atoms with Crippen molar-refractivity contribution in [3.05, 3.63) is 35.8 Å². The molecular weight excluding hydrogens is 306 g/mol. The molecule has 24 heavy (non-hydrogen) atoms. The second kappa shape index (κ2) is 6.27. The van der Waals surface area contributed by atoms with E-state index in [1.54, 1.807) is 14.0 Å². The summed E-state index contributed by atoms with van der Waals surface area (Å²) in [6.07, 6.45) is 2.31. The molecule has 0 radical (unpaired) electrons. The van der Waals surface area contributed by atoms with E-state index in [0.717, 1.165) is 22.6 Å². The predicted octanol–water partition coefficient (Wildman–Crippen LogP) is 2.77. The number of ether oxygens (including phenoxy) is 1. The van der Waals surface area contributed by atoms with Crippen LogP contribution in [-0.2, 0) is 4.79 Å². The van der Waals surface area contributed by atoms with Crippen molar-refractivity contribution in [1.82, 2.24) is 19.6 Å². The number of hydrogen-bond donors (Lipinski definition) is 1. The van der Waals surface area contributed by atoms with Gasteiger partial charge in [-0.25, -0.2) is 4.98 Å². The molecule has 0 spiro atoms. The van der Waals surface area contributed by atoms with Gasteiger partial charge in [-0.05, 0) is 32.0 Å². The summed E-state index contributed by atoms with van der Waals surface area (Å²) >= 11 is 0. The fourth-order valence-corrected chi connectivity index (χ4v) is 2.40. The lowest BCUT2D eigenvalue weighted by Gasteiger charge is -2.10. The van der Waals surface area contributed by atoms with E-state index >= 15 is 0 Å². The number of aromatic nitrogens is 4. The summed E-state index contributed by atoms with van der Waals surface area (Å²) in [7, 11) is 1.57. The van der Waals surface area contributed by atoms with E-state index in [1.165, 1.54) is 0 Å². The molecule has 3 aromatic rings. The van der Waals surface area contributed by atoms with Crippen molar-refractivity contribution < 1.29 is 9.53 Å². The number of methoxy groups -OCH3 is 1. The first-order chi connectivity index (χ1) is 11.5. The van der Waals surface area contributed by atoms with Crippen molar-refractivity contribution in [3.63, 3.8) is 0 Å². The average Bonchev–Trinajstić information content (AvgIpc) is 3.03. The molecule has 2 aromatic heterocycles. The van der Waals surface area contributed by atoms with Gasteiger partial charge in [-0.15, -0.1) is 5.10 Å². The van der Waals surface area contributed by atoms with E-state index in [1.807, 2.05) is 42.6 Å². The summed E-state index contributed by atoms with van der Waals surface area (Å²) < 4.78 is 7.22. The van der Waals surface area contributed by atoms with Gasteiger partial charge >= 0.3 is 0 Å². The monoisotopic (exact) mass is 325 g/mol. The molecule has 2 heterocycles. The Kier molecular flexibility index (Phi) is 4.16. The molecule has 0 saturated heterocycles. The van der Waals surface area contributed by atoms with Crippen LogP contribution < -0.4 is 10.1 Å². The normalized spacial score (nSPS) is 10.8. The Morgan fingerprint density at radius 3 is 2.79 bits per heavy atom. The second-order valence-electron chi connectivity index (χ2n) is 5.48. The third-order valence-corrected chi connectivity index (χ3v) is 3.95. The summed E-state index contributed by atoms with van der Waals surface area (Å²) in [6.45, 7) is 5.69. The van der Waals surface area contributed by atoms with Crippen molar-refractivity contribution in [2.24, 2.45) is 0 Å². The van der Waals surface area contributed by atoms with Crippen LogP contribution in [0.1, 0.15) is 24.7 Å². The molecule has 0 atom stereocenters. The summed E-state index contributed by atoms with van der Waals surface area (Å²) in [5, 5.41) is 11.1. The summed E-state index contributed by atoms with van der Waals surface area (Å²) in [4.78, 5) is 16.2. The summed E-state index contributed by atoms with van der Waals surface area (Å²) in [5.74, 6) is 1.08. The van der Waals surface area contributed by atoms with Gasteiger partial charge in [-0.1, -0.05) is 6.92 Å². The number of amides is 1. The van der Waals surface area contributed by atoms with Crippen LogP contribution in [0.2, 0.25) is 0 Å². The van der Waals surface area contributed by atoms with Crippen LogP contribution in [0, 0.1) is 13.8 Å². The maximum absolute atomic E-state index is 11.7. The van der Waals surface area contributed by atoms with Gasteiger partial charge < -0.3 is 10.1 Å². The number of carbonyl (C=O) groups excluding carboxylic acids is 1. The molecular formula is C17H19N5O2. The number of rotatable bonds is 4. The molecule has 1 amide bonds. The second-order valence-corrected chi connectivity index (χ2v) is 5.48. The van der Waals surface area contributed by atoms with E-state index in [2.05, 4.69) is 20.5 Å². The Hall–Kier alpha value is -2.96. The van der Waals surface area contributed by atoms with Crippen molar-refractivity contribution >= 4 is 17.4 Å². The molecule has 0 aliphatic rings. The molecule has 0 bridgehead atoms. The molecule has 0 unspecified atom stereocenters. The van der Waals surface area contributed by atoms with Gasteiger partial charge in [0.15, 0.2) is 0 Å². The Morgan fingerprint density at radius 1 is 1.29 bits per heavy atom. The van der Waals surface area contributed by atoms with Gasteiger partial charge in [-0.3, -0.25) is 9.20 Å². The Morgan fingerprint density at radius 2 is 2.08 bits per heavy atom. The molecule has 7 nitrogen and oxygen atoms in total. The Labute approximate surface area is 139 Å². The smallest absolute Gasteiger partial charge is 0.254 e. The zero-order chi connectivity index (χ0) is 17.3. The maximum Gasteiger partial charge on any atom is 0.254 e. The third-order valence-electron chi connectivity index (χ3n) is 3.95. The molecule has 3 rings (SSSR count). The number of carbonyl (C=O) groups is 1. The minimum Gasteiger partial charge on any atom is -0.495 e. The van der Waals surface area contributed by atoms with Gasteiger partial charge in [0.25, 0.3) is 5.78 Å². The lowest BCUT2D eigenvalue weighted by molar-refractivity contribution is -0.115. The average molecular weight is 325 g/mol. The van der Waals surface area contributed by atoms with Crippen LogP contribution in [0.25, 0.3) is 17.0 Å². The lowest BCUT2D eigenvalue weighted by atomic mass is 10.1. The van der Waals surface area contributed by atoms with Gasteiger partial charge in [0.2, 0.25) is 5.91 Å². The Balaban J connectivity index is 2.07. The predicted molar refractivity (Wildman–Crippen MR) is 91.2 cm³/mol. The highest BCUT2D eigenvalue weighted by Gasteiger charge is 2.12. The zero-order valence-corrected chi connectivity index (χ0v) is 14.1. The minimum atomic E-state index is -0.0715. The van der Waals surface area contributed by atoms with Gasteiger partial charge in [0, 0.05) is 23.9 Å². The maximum atomic E-state index is 11.7. The number of aryl methyl sites for hydroxylation is 2. The topological polar surface area (TPSA) is 81.4 Å². The standard InChI is InChI=1S/C17H19N5O2/c1-5-16(23)18-13-8-12(6-7-15(13)24-4)14-9-22-11(3)10(2)20-21-17(22)19-14/h6-9H,5H2,1-4H3,(H,18,23). The lowest BCUT2D eigenvalue weighted by Crippen LogP contribution is -2.10. The molecule has 1 N–H and O–H groups in total. The zero-order valence-electron chi connectivity index (χ0n) is 14.1. The van der Waals surface area contributed by atoms with Crippen molar-refractivity contribution in [2.45, 2.75) is 27.2 Å². The van der Waals surface area contributed by atoms with E-state index in [4.69, 9.17) is 4.74 Å². The quantitative estimate of drug-likeness (QED) is 0.797. The number of anilines is 1. The van der Waals surface area contributed by atoms with Crippen molar-refractivity contribution in [2.75, 3.05) is 12.4 Å². The SMILES string of the molecule is CCC(=O)Nc1cc(-c2cn3c(C)c(C)nnc3n2)ccc1OC. The fourth-order valence-electron chi connectivity index (χ4n) is 2.40. The van der Waals surface area contributed by atoms with Crippen LogP contribution in [0.4, 0.5) is 5.69 Å². The molecule has 0 aliphatic heterocycles. The van der Waals surface area contributed by atoms with Crippen molar-refractivity contribution in [1.29, 1.82) is 0 Å². The van der Waals surface area contributed by atoms with Crippen LogP contribution in [-0.4, -0.2) is 32.6 Å². The fraction of sp³-hybridized carbons (Fsp3) is 0.294. The molecule has 0 aliphatic carbocycles. The molecule has 7 heteroatoms. The van der Waals surface area contributed by atoms with Crippen LogP contribution in [0.3, 0.4) is 0 Å². The number of hydrogen-bond acceptors (Lipinski definition) is 5. The number of nitrogens with zero attached hydrogens (tertiary/aromatic N) is 4. The minimum absolute atomic E-state index is 0.0715. The molecule has 0 fully saturated rings. The van der Waals surface area contributed by atoms with Gasteiger partial charge in [-0.2, -0.15) is 5.10 Å². The highest BCUT2D eigenvalue weighted by atomic mass is 16.5. The number of nitrogens with one attached hydrogen (secondary N) is 1. The van der Waals surface area contributed by atoms with Crippen molar-refractivity contribution in [3.8, 4) is 17.0 Å².